The SMILES string of the molecule is C=CCCCC(=O)CNCc1ccccc1. The summed E-state index contributed by atoms with van der Waals surface area (Å²) in [5.74, 6) is 0.276. The summed E-state index contributed by atoms with van der Waals surface area (Å²) in [6.45, 7) is 4.85. The van der Waals surface area contributed by atoms with E-state index in [4.69, 9.17) is 0 Å². The van der Waals surface area contributed by atoms with Crippen molar-refractivity contribution < 1.29 is 4.79 Å². The van der Waals surface area contributed by atoms with E-state index in [1.807, 2.05) is 24.3 Å². The van der Waals surface area contributed by atoms with Gasteiger partial charge < -0.3 is 5.32 Å². The number of hydrogen-bond donors (Lipinski definition) is 1. The first-order valence-corrected chi connectivity index (χ1v) is 5.70. The van der Waals surface area contributed by atoms with E-state index in [0.717, 1.165) is 19.4 Å². The van der Waals surface area contributed by atoms with Crippen LogP contribution in [-0.4, -0.2) is 12.3 Å². The first-order valence-electron chi connectivity index (χ1n) is 5.70. The lowest BCUT2D eigenvalue weighted by Crippen LogP contribution is -2.22. The van der Waals surface area contributed by atoms with Gasteiger partial charge in [-0.1, -0.05) is 36.4 Å². The van der Waals surface area contributed by atoms with Crippen molar-refractivity contribution in [2.24, 2.45) is 0 Å². The molecule has 0 aliphatic heterocycles. The molecule has 0 aromatic heterocycles. The molecule has 0 aliphatic carbocycles. The minimum Gasteiger partial charge on any atom is -0.306 e. The molecule has 2 nitrogen and oxygen atoms in total. The number of carbonyl (C=O) groups excluding carboxylic acids is 1. The Balaban J connectivity index is 2.11. The molecule has 0 atom stereocenters. The van der Waals surface area contributed by atoms with E-state index in [-0.39, 0.29) is 5.78 Å². The van der Waals surface area contributed by atoms with Crippen LogP contribution in [-0.2, 0) is 11.3 Å². The summed E-state index contributed by atoms with van der Waals surface area (Å²) in [6.07, 6.45) is 4.33. The molecule has 1 aromatic rings. The quantitative estimate of drug-likeness (QED) is 0.536. The summed E-state index contributed by atoms with van der Waals surface area (Å²) in [5, 5.41) is 3.15. The van der Waals surface area contributed by atoms with Gasteiger partial charge in [0.1, 0.15) is 5.78 Å². The van der Waals surface area contributed by atoms with Crippen LogP contribution in [0.15, 0.2) is 43.0 Å². The number of ketones is 1. The lowest BCUT2D eigenvalue weighted by Gasteiger charge is -2.03. The summed E-state index contributed by atoms with van der Waals surface area (Å²) in [4.78, 5) is 11.4. The fraction of sp³-hybridized carbons (Fsp3) is 0.357. The van der Waals surface area contributed by atoms with Crippen LogP contribution in [0.25, 0.3) is 0 Å². The van der Waals surface area contributed by atoms with Crippen LogP contribution in [0.4, 0.5) is 0 Å². The highest BCUT2D eigenvalue weighted by Gasteiger charge is 2.00. The summed E-state index contributed by atoms with van der Waals surface area (Å²) < 4.78 is 0. The van der Waals surface area contributed by atoms with E-state index in [2.05, 4.69) is 24.0 Å². The number of rotatable bonds is 8. The highest BCUT2D eigenvalue weighted by atomic mass is 16.1. The molecule has 0 heterocycles. The second kappa shape index (κ2) is 7.83. The van der Waals surface area contributed by atoms with Crippen molar-refractivity contribution in [3.05, 3.63) is 48.6 Å². The molecule has 0 radical (unpaired) electrons. The van der Waals surface area contributed by atoms with Crippen molar-refractivity contribution in [1.82, 2.24) is 5.32 Å². The van der Waals surface area contributed by atoms with Crippen molar-refractivity contribution in [1.29, 1.82) is 0 Å². The Hall–Kier alpha value is -1.41. The molecule has 0 bridgehead atoms. The van der Waals surface area contributed by atoms with Crippen LogP contribution in [0.3, 0.4) is 0 Å². The molecular weight excluding hydrogens is 198 g/mol. The van der Waals surface area contributed by atoms with Crippen LogP contribution < -0.4 is 5.32 Å². The number of hydrogen-bond acceptors (Lipinski definition) is 2. The first kappa shape index (κ1) is 12.7. The number of benzene rings is 1. The van der Waals surface area contributed by atoms with Gasteiger partial charge in [-0.3, -0.25) is 4.79 Å². The van der Waals surface area contributed by atoms with Crippen LogP contribution in [0.5, 0.6) is 0 Å². The topological polar surface area (TPSA) is 29.1 Å². The van der Waals surface area contributed by atoms with Gasteiger partial charge in [0.2, 0.25) is 0 Å². The lowest BCUT2D eigenvalue weighted by atomic mass is 10.1. The highest BCUT2D eigenvalue weighted by Crippen LogP contribution is 1.98. The van der Waals surface area contributed by atoms with Gasteiger partial charge in [0.05, 0.1) is 6.54 Å². The maximum Gasteiger partial charge on any atom is 0.146 e. The molecule has 1 rings (SSSR count). The Labute approximate surface area is 97.4 Å². The molecule has 1 N–H and O–H groups in total. The van der Waals surface area contributed by atoms with Crippen molar-refractivity contribution in [2.45, 2.75) is 25.8 Å². The number of allylic oxidation sites excluding steroid dienone is 1. The van der Waals surface area contributed by atoms with Gasteiger partial charge in [-0.2, -0.15) is 0 Å². The average molecular weight is 217 g/mol. The molecule has 0 spiro atoms. The van der Waals surface area contributed by atoms with E-state index in [9.17, 15) is 4.79 Å². The standard InChI is InChI=1S/C14H19NO/c1-2-3-5-10-14(16)12-15-11-13-8-6-4-7-9-13/h2,4,6-9,15H,1,3,5,10-12H2. The molecular formula is C14H19NO. The molecule has 0 saturated heterocycles. The Kier molecular flexibility index (Phi) is 6.19. The Morgan fingerprint density at radius 2 is 2.06 bits per heavy atom. The second-order valence-corrected chi connectivity index (χ2v) is 3.81. The summed E-state index contributed by atoms with van der Waals surface area (Å²) >= 11 is 0. The van der Waals surface area contributed by atoms with Gasteiger partial charge in [0, 0.05) is 13.0 Å². The number of carbonyl (C=O) groups is 1. The van der Waals surface area contributed by atoms with Gasteiger partial charge >= 0.3 is 0 Å². The van der Waals surface area contributed by atoms with Crippen molar-refractivity contribution in [3.63, 3.8) is 0 Å². The highest BCUT2D eigenvalue weighted by molar-refractivity contribution is 5.80. The predicted molar refractivity (Wildman–Crippen MR) is 67.2 cm³/mol. The van der Waals surface area contributed by atoms with Crippen molar-refractivity contribution in [3.8, 4) is 0 Å². The van der Waals surface area contributed by atoms with E-state index < -0.39 is 0 Å². The maximum atomic E-state index is 11.4. The molecule has 0 aliphatic rings. The van der Waals surface area contributed by atoms with Gasteiger partial charge in [-0.05, 0) is 18.4 Å². The van der Waals surface area contributed by atoms with Gasteiger partial charge in [0.25, 0.3) is 0 Å². The van der Waals surface area contributed by atoms with E-state index in [1.54, 1.807) is 0 Å². The molecule has 86 valence electrons. The van der Waals surface area contributed by atoms with E-state index in [0.29, 0.717) is 13.0 Å². The zero-order valence-electron chi connectivity index (χ0n) is 9.61. The number of Topliss-reactive ketones (excluding diaryl/α,β-unsaturated/α-hetero) is 1. The fourth-order valence-electron chi connectivity index (χ4n) is 1.47. The third-order valence-electron chi connectivity index (χ3n) is 2.36. The fourth-order valence-corrected chi connectivity index (χ4v) is 1.47. The van der Waals surface area contributed by atoms with E-state index in [1.165, 1.54) is 5.56 Å². The molecule has 1 aromatic carbocycles. The minimum absolute atomic E-state index is 0.276. The number of nitrogens with one attached hydrogen (secondary N) is 1. The normalized spacial score (nSPS) is 10.0. The smallest absolute Gasteiger partial charge is 0.146 e. The summed E-state index contributed by atoms with van der Waals surface area (Å²) in [6, 6.07) is 10.1. The zero-order chi connectivity index (χ0) is 11.6. The monoisotopic (exact) mass is 217 g/mol. The zero-order valence-corrected chi connectivity index (χ0v) is 9.61. The molecule has 0 unspecified atom stereocenters. The largest absolute Gasteiger partial charge is 0.306 e. The molecule has 0 amide bonds. The predicted octanol–water partition coefficient (Wildman–Crippen LogP) is 2.70. The van der Waals surface area contributed by atoms with Gasteiger partial charge in [-0.15, -0.1) is 6.58 Å². The lowest BCUT2D eigenvalue weighted by molar-refractivity contribution is -0.118. The molecule has 0 fully saturated rings. The summed E-state index contributed by atoms with van der Waals surface area (Å²) in [7, 11) is 0. The first-order chi connectivity index (χ1) is 7.83. The average Bonchev–Trinajstić information content (AvgIpc) is 2.31. The Bertz CT molecular complexity index is 319. The van der Waals surface area contributed by atoms with Crippen LogP contribution in [0.1, 0.15) is 24.8 Å². The van der Waals surface area contributed by atoms with E-state index >= 15 is 0 Å². The maximum absolute atomic E-state index is 11.4. The summed E-state index contributed by atoms with van der Waals surface area (Å²) in [5.41, 5.74) is 1.21. The van der Waals surface area contributed by atoms with Crippen LogP contribution >= 0.6 is 0 Å². The van der Waals surface area contributed by atoms with Crippen LogP contribution in [0, 0.1) is 0 Å². The third-order valence-corrected chi connectivity index (χ3v) is 2.36. The minimum atomic E-state index is 0.276. The molecule has 0 saturated carbocycles. The Morgan fingerprint density at radius 1 is 1.31 bits per heavy atom. The van der Waals surface area contributed by atoms with Gasteiger partial charge in [0.15, 0.2) is 0 Å². The van der Waals surface area contributed by atoms with Crippen molar-refractivity contribution in [2.75, 3.05) is 6.54 Å². The molecule has 16 heavy (non-hydrogen) atoms. The van der Waals surface area contributed by atoms with Crippen molar-refractivity contribution >= 4 is 5.78 Å². The third kappa shape index (κ3) is 5.47. The second-order valence-electron chi connectivity index (χ2n) is 3.81. The van der Waals surface area contributed by atoms with Gasteiger partial charge in [-0.25, -0.2) is 0 Å². The van der Waals surface area contributed by atoms with Crippen LogP contribution in [0.2, 0.25) is 0 Å². The number of unbranched alkanes of at least 4 members (excludes halogenated alkanes) is 1. The molecule has 2 heteroatoms. The Morgan fingerprint density at radius 3 is 2.75 bits per heavy atom.